The van der Waals surface area contributed by atoms with Gasteiger partial charge in [0.15, 0.2) is 0 Å². The summed E-state index contributed by atoms with van der Waals surface area (Å²) in [5, 5.41) is 23.7. The number of urea groups is 1. The molecular weight excluding hydrogens is 274 g/mol. The Morgan fingerprint density at radius 3 is 2.52 bits per heavy atom. The maximum Gasteiger partial charge on any atom is 0.354 e. The van der Waals surface area contributed by atoms with Crippen molar-refractivity contribution in [2.24, 2.45) is 0 Å². The molecule has 21 heavy (non-hydrogen) atoms. The van der Waals surface area contributed by atoms with Crippen molar-refractivity contribution in [1.82, 2.24) is 15.6 Å². The molecular formula is C14H19N3O4. The maximum absolute atomic E-state index is 11.7. The van der Waals surface area contributed by atoms with Gasteiger partial charge in [-0.2, -0.15) is 0 Å². The van der Waals surface area contributed by atoms with E-state index in [0.717, 1.165) is 18.4 Å². The van der Waals surface area contributed by atoms with Crippen LogP contribution < -0.4 is 10.6 Å². The van der Waals surface area contributed by atoms with Crippen LogP contribution in [0.5, 0.6) is 0 Å². The molecule has 1 heterocycles. The summed E-state index contributed by atoms with van der Waals surface area (Å²) in [6.07, 6.45) is 4.18. The van der Waals surface area contributed by atoms with E-state index in [1.807, 2.05) is 0 Å². The first-order chi connectivity index (χ1) is 10.0. The summed E-state index contributed by atoms with van der Waals surface area (Å²) >= 11 is 0. The van der Waals surface area contributed by atoms with Crippen LogP contribution in [0, 0.1) is 0 Å². The second-order valence-electron chi connectivity index (χ2n) is 5.19. The summed E-state index contributed by atoms with van der Waals surface area (Å²) in [4.78, 5) is 26.2. The topological polar surface area (TPSA) is 112 Å². The molecule has 0 saturated heterocycles. The quantitative estimate of drug-likeness (QED) is 0.658. The Kier molecular flexibility index (Phi) is 5.10. The summed E-state index contributed by atoms with van der Waals surface area (Å²) in [6.45, 7) is 0.286. The minimum absolute atomic E-state index is 0.0241. The highest BCUT2D eigenvalue weighted by atomic mass is 16.4. The normalized spacial score (nSPS) is 21.6. The molecule has 0 spiro atoms. The van der Waals surface area contributed by atoms with Crippen molar-refractivity contribution >= 4 is 12.0 Å². The molecule has 1 aliphatic rings. The van der Waals surface area contributed by atoms with Gasteiger partial charge in [-0.05, 0) is 37.3 Å². The van der Waals surface area contributed by atoms with Gasteiger partial charge in [0.25, 0.3) is 0 Å². The van der Waals surface area contributed by atoms with Crippen molar-refractivity contribution in [3.63, 3.8) is 0 Å². The third-order valence-electron chi connectivity index (χ3n) is 3.53. The zero-order chi connectivity index (χ0) is 15.2. The fourth-order valence-electron chi connectivity index (χ4n) is 2.29. The summed E-state index contributed by atoms with van der Waals surface area (Å²) in [7, 11) is 0. The van der Waals surface area contributed by atoms with Gasteiger partial charge in [-0.3, -0.25) is 0 Å². The SMILES string of the molecule is O=C(NCc1ccc(C(=O)O)nc1)NC1CCC(O)CC1. The van der Waals surface area contributed by atoms with Crippen LogP contribution in [-0.2, 0) is 6.54 Å². The second kappa shape index (κ2) is 7.03. The first-order valence-corrected chi connectivity index (χ1v) is 6.95. The minimum Gasteiger partial charge on any atom is -0.477 e. The van der Waals surface area contributed by atoms with Crippen LogP contribution in [0.4, 0.5) is 4.79 Å². The number of nitrogens with zero attached hydrogens (tertiary/aromatic N) is 1. The smallest absolute Gasteiger partial charge is 0.354 e. The average Bonchev–Trinajstić information content (AvgIpc) is 2.48. The number of carboxylic acids is 1. The number of carbonyl (C=O) groups excluding carboxylic acids is 1. The van der Waals surface area contributed by atoms with Crippen LogP contribution in [0.2, 0.25) is 0 Å². The van der Waals surface area contributed by atoms with E-state index in [4.69, 9.17) is 5.11 Å². The molecule has 2 rings (SSSR count). The van der Waals surface area contributed by atoms with Crippen molar-refractivity contribution in [1.29, 1.82) is 0 Å². The van der Waals surface area contributed by atoms with E-state index in [9.17, 15) is 14.7 Å². The summed E-state index contributed by atoms with van der Waals surface area (Å²) < 4.78 is 0. The molecule has 0 aliphatic heterocycles. The standard InChI is InChI=1S/C14H19N3O4/c18-11-4-2-10(3-5-11)17-14(21)16-8-9-1-6-12(13(19)20)15-7-9/h1,6-7,10-11,18H,2-5,8H2,(H,19,20)(H2,16,17,21). The Bertz CT molecular complexity index is 495. The lowest BCUT2D eigenvalue weighted by Gasteiger charge is -2.26. The number of hydrogen-bond acceptors (Lipinski definition) is 4. The second-order valence-corrected chi connectivity index (χ2v) is 5.19. The number of hydrogen-bond donors (Lipinski definition) is 4. The molecule has 2 amide bonds. The molecule has 4 N–H and O–H groups in total. The number of aliphatic hydroxyl groups is 1. The van der Waals surface area contributed by atoms with Crippen LogP contribution >= 0.6 is 0 Å². The number of nitrogens with one attached hydrogen (secondary N) is 2. The zero-order valence-electron chi connectivity index (χ0n) is 11.6. The number of rotatable bonds is 4. The molecule has 1 saturated carbocycles. The summed E-state index contributed by atoms with van der Waals surface area (Å²) in [5.74, 6) is -1.08. The van der Waals surface area contributed by atoms with Gasteiger partial charge in [0, 0.05) is 18.8 Å². The lowest BCUT2D eigenvalue weighted by atomic mass is 9.93. The van der Waals surface area contributed by atoms with E-state index < -0.39 is 5.97 Å². The molecule has 1 aromatic heterocycles. The fourth-order valence-corrected chi connectivity index (χ4v) is 2.29. The third-order valence-corrected chi connectivity index (χ3v) is 3.53. The molecule has 7 heteroatoms. The zero-order valence-corrected chi connectivity index (χ0v) is 11.6. The van der Waals surface area contributed by atoms with Gasteiger partial charge < -0.3 is 20.8 Å². The molecule has 114 valence electrons. The van der Waals surface area contributed by atoms with Crippen LogP contribution in [0.25, 0.3) is 0 Å². The lowest BCUT2D eigenvalue weighted by molar-refractivity contribution is 0.0690. The molecule has 0 bridgehead atoms. The minimum atomic E-state index is -1.08. The van der Waals surface area contributed by atoms with Crippen molar-refractivity contribution in [3.05, 3.63) is 29.6 Å². The molecule has 0 atom stereocenters. The van der Waals surface area contributed by atoms with E-state index in [0.29, 0.717) is 12.8 Å². The first-order valence-electron chi connectivity index (χ1n) is 6.95. The predicted octanol–water partition coefficient (Wildman–Crippen LogP) is 0.882. The number of carboxylic acid groups (broad SMARTS) is 1. The maximum atomic E-state index is 11.7. The number of aromatic carboxylic acids is 1. The molecule has 0 unspecified atom stereocenters. The predicted molar refractivity (Wildman–Crippen MR) is 74.8 cm³/mol. The van der Waals surface area contributed by atoms with Crippen molar-refractivity contribution in [2.75, 3.05) is 0 Å². The summed E-state index contributed by atoms with van der Waals surface area (Å²) in [5.41, 5.74) is 0.707. The van der Waals surface area contributed by atoms with Crippen molar-refractivity contribution in [3.8, 4) is 0 Å². The van der Waals surface area contributed by atoms with E-state index >= 15 is 0 Å². The van der Waals surface area contributed by atoms with Gasteiger partial charge in [-0.25, -0.2) is 14.6 Å². The van der Waals surface area contributed by atoms with E-state index in [-0.39, 0.29) is 30.4 Å². The third kappa shape index (κ3) is 4.71. The number of carbonyl (C=O) groups is 2. The number of aromatic nitrogens is 1. The largest absolute Gasteiger partial charge is 0.477 e. The number of aliphatic hydroxyl groups excluding tert-OH is 1. The lowest BCUT2D eigenvalue weighted by Crippen LogP contribution is -2.43. The Balaban J connectivity index is 1.74. The number of amides is 2. The van der Waals surface area contributed by atoms with Gasteiger partial charge in [-0.15, -0.1) is 0 Å². The molecule has 7 nitrogen and oxygen atoms in total. The molecule has 1 aliphatic carbocycles. The van der Waals surface area contributed by atoms with E-state index in [1.54, 1.807) is 6.07 Å². The highest BCUT2D eigenvalue weighted by Gasteiger charge is 2.20. The highest BCUT2D eigenvalue weighted by molar-refractivity contribution is 5.85. The van der Waals surface area contributed by atoms with E-state index in [1.165, 1.54) is 12.3 Å². The van der Waals surface area contributed by atoms with Crippen LogP contribution in [-0.4, -0.2) is 39.3 Å². The van der Waals surface area contributed by atoms with Gasteiger partial charge in [0.05, 0.1) is 6.10 Å². The Labute approximate surface area is 122 Å². The molecule has 1 aromatic rings. The first kappa shape index (κ1) is 15.2. The number of pyridine rings is 1. The van der Waals surface area contributed by atoms with Crippen LogP contribution in [0.1, 0.15) is 41.7 Å². The Morgan fingerprint density at radius 1 is 1.24 bits per heavy atom. The van der Waals surface area contributed by atoms with Crippen molar-refractivity contribution in [2.45, 2.75) is 44.4 Å². The Hall–Kier alpha value is -2.15. The van der Waals surface area contributed by atoms with Gasteiger partial charge >= 0.3 is 12.0 Å². The van der Waals surface area contributed by atoms with E-state index in [2.05, 4.69) is 15.6 Å². The monoisotopic (exact) mass is 293 g/mol. The highest BCUT2D eigenvalue weighted by Crippen LogP contribution is 2.18. The van der Waals surface area contributed by atoms with Gasteiger partial charge in [0.2, 0.25) is 0 Å². The molecule has 0 aromatic carbocycles. The van der Waals surface area contributed by atoms with Gasteiger partial charge in [0.1, 0.15) is 5.69 Å². The van der Waals surface area contributed by atoms with Crippen LogP contribution in [0.3, 0.4) is 0 Å². The van der Waals surface area contributed by atoms with Gasteiger partial charge in [-0.1, -0.05) is 6.07 Å². The molecule has 0 radical (unpaired) electrons. The molecule has 1 fully saturated rings. The average molecular weight is 293 g/mol. The van der Waals surface area contributed by atoms with Crippen LogP contribution in [0.15, 0.2) is 18.3 Å². The fraction of sp³-hybridized carbons (Fsp3) is 0.500. The summed E-state index contributed by atoms with van der Waals surface area (Å²) in [6, 6.07) is 2.85. The Morgan fingerprint density at radius 2 is 1.95 bits per heavy atom. The van der Waals surface area contributed by atoms with Crippen molar-refractivity contribution < 1.29 is 19.8 Å².